The molecule has 1 aromatic rings. The van der Waals surface area contributed by atoms with Crippen molar-refractivity contribution in [3.8, 4) is 0 Å². The predicted molar refractivity (Wildman–Crippen MR) is 86.9 cm³/mol. The van der Waals surface area contributed by atoms with Crippen molar-refractivity contribution in [1.29, 1.82) is 0 Å². The highest BCUT2D eigenvalue weighted by Gasteiger charge is 2.23. The van der Waals surface area contributed by atoms with E-state index in [0.717, 1.165) is 25.3 Å². The minimum absolute atomic E-state index is 0.167. The van der Waals surface area contributed by atoms with E-state index in [2.05, 4.69) is 22.5 Å². The molecule has 0 aromatic carbocycles. The number of anilines is 1. The van der Waals surface area contributed by atoms with Crippen LogP contribution in [0, 0.1) is 5.92 Å². The summed E-state index contributed by atoms with van der Waals surface area (Å²) >= 11 is 6.10. The summed E-state index contributed by atoms with van der Waals surface area (Å²) in [6.45, 7) is 4.98. The summed E-state index contributed by atoms with van der Waals surface area (Å²) in [6.07, 6.45) is 5.72. The number of carbonyl (C=O) groups is 1. The Morgan fingerprint density at radius 3 is 2.62 bits per heavy atom. The van der Waals surface area contributed by atoms with Gasteiger partial charge in [0.15, 0.2) is 0 Å². The molecule has 0 atom stereocenters. The van der Waals surface area contributed by atoms with Gasteiger partial charge in [0, 0.05) is 12.6 Å². The highest BCUT2D eigenvalue weighted by Crippen LogP contribution is 2.27. The molecule has 1 amide bonds. The molecule has 1 saturated carbocycles. The molecule has 0 unspecified atom stereocenters. The summed E-state index contributed by atoms with van der Waals surface area (Å²) in [5, 5.41) is 6.57. The van der Waals surface area contributed by atoms with Crippen LogP contribution in [0.1, 0.15) is 56.4 Å². The molecule has 21 heavy (non-hydrogen) atoms. The maximum atomic E-state index is 12.4. The molecule has 1 aromatic heterocycles. The van der Waals surface area contributed by atoms with Gasteiger partial charge in [0.2, 0.25) is 0 Å². The van der Waals surface area contributed by atoms with Gasteiger partial charge in [0.05, 0.1) is 5.02 Å². The van der Waals surface area contributed by atoms with E-state index >= 15 is 0 Å². The molecule has 1 heterocycles. The van der Waals surface area contributed by atoms with E-state index in [0.29, 0.717) is 16.5 Å². The topological polar surface area (TPSA) is 54.0 Å². The van der Waals surface area contributed by atoms with Crippen LogP contribution in [0.4, 0.5) is 5.82 Å². The third-order valence-corrected chi connectivity index (χ3v) is 4.48. The highest BCUT2D eigenvalue weighted by molar-refractivity contribution is 6.33. The van der Waals surface area contributed by atoms with Crippen molar-refractivity contribution >= 4 is 23.3 Å². The largest absolute Gasteiger partial charge is 0.370 e. The number of carbonyl (C=O) groups excluding carboxylic acids is 1. The Balaban J connectivity index is 1.98. The molecule has 0 radical (unpaired) electrons. The fourth-order valence-corrected chi connectivity index (χ4v) is 3.04. The fraction of sp³-hybridized carbons (Fsp3) is 0.625. The number of aromatic nitrogens is 1. The van der Waals surface area contributed by atoms with E-state index in [-0.39, 0.29) is 11.9 Å². The van der Waals surface area contributed by atoms with Crippen LogP contribution in [0.3, 0.4) is 0 Å². The van der Waals surface area contributed by atoms with Gasteiger partial charge in [-0.1, -0.05) is 24.9 Å². The lowest BCUT2D eigenvalue weighted by Crippen LogP contribution is -2.38. The van der Waals surface area contributed by atoms with Crippen molar-refractivity contribution in [2.24, 2.45) is 5.92 Å². The van der Waals surface area contributed by atoms with Crippen molar-refractivity contribution in [1.82, 2.24) is 10.3 Å². The molecule has 5 heteroatoms. The Morgan fingerprint density at radius 1 is 1.29 bits per heavy atom. The monoisotopic (exact) mass is 309 g/mol. The van der Waals surface area contributed by atoms with E-state index in [4.69, 9.17) is 11.6 Å². The first-order chi connectivity index (χ1) is 10.1. The lowest BCUT2D eigenvalue weighted by molar-refractivity contribution is 0.0917. The Morgan fingerprint density at radius 2 is 2.00 bits per heavy atom. The van der Waals surface area contributed by atoms with Crippen molar-refractivity contribution in [2.45, 2.75) is 52.0 Å². The second-order valence-electron chi connectivity index (χ2n) is 5.66. The molecule has 1 fully saturated rings. The van der Waals surface area contributed by atoms with Crippen LogP contribution in [0.25, 0.3) is 0 Å². The highest BCUT2D eigenvalue weighted by atomic mass is 35.5. The second kappa shape index (κ2) is 7.64. The number of nitrogens with one attached hydrogen (secondary N) is 2. The number of hydrogen-bond acceptors (Lipinski definition) is 3. The van der Waals surface area contributed by atoms with Crippen molar-refractivity contribution in [3.05, 3.63) is 22.8 Å². The summed E-state index contributed by atoms with van der Waals surface area (Å²) in [5.74, 6) is 1.33. The molecule has 1 aliphatic rings. The van der Waals surface area contributed by atoms with Crippen LogP contribution in [0.5, 0.6) is 0 Å². The first-order valence-corrected chi connectivity index (χ1v) is 8.23. The molecular weight excluding hydrogens is 286 g/mol. The lowest BCUT2D eigenvalue weighted by Gasteiger charge is -2.28. The molecule has 4 nitrogen and oxygen atoms in total. The Hall–Kier alpha value is -1.29. The average Bonchev–Trinajstić information content (AvgIpc) is 2.50. The van der Waals surface area contributed by atoms with Crippen LogP contribution < -0.4 is 10.6 Å². The third kappa shape index (κ3) is 4.34. The zero-order chi connectivity index (χ0) is 15.2. The first kappa shape index (κ1) is 16.1. The number of pyridine rings is 1. The Labute approximate surface area is 131 Å². The van der Waals surface area contributed by atoms with Crippen LogP contribution in [-0.2, 0) is 0 Å². The number of rotatable bonds is 5. The van der Waals surface area contributed by atoms with E-state index in [1.807, 2.05) is 6.92 Å². The predicted octanol–water partition coefficient (Wildman–Crippen LogP) is 3.87. The first-order valence-electron chi connectivity index (χ1n) is 7.85. The van der Waals surface area contributed by atoms with Crippen LogP contribution in [0.2, 0.25) is 5.02 Å². The molecule has 0 aliphatic heterocycles. The molecule has 0 spiro atoms. The quantitative estimate of drug-likeness (QED) is 0.868. The van der Waals surface area contributed by atoms with Gasteiger partial charge < -0.3 is 10.6 Å². The van der Waals surface area contributed by atoms with E-state index < -0.39 is 0 Å². The van der Waals surface area contributed by atoms with Crippen LogP contribution in [0.15, 0.2) is 12.1 Å². The van der Waals surface area contributed by atoms with Crippen LogP contribution in [-0.4, -0.2) is 23.5 Å². The summed E-state index contributed by atoms with van der Waals surface area (Å²) in [5.41, 5.74) is 0.313. The summed E-state index contributed by atoms with van der Waals surface area (Å²) in [7, 11) is 0. The van der Waals surface area contributed by atoms with Gasteiger partial charge in [-0.05, 0) is 50.7 Å². The van der Waals surface area contributed by atoms with E-state index in [9.17, 15) is 4.79 Å². The van der Waals surface area contributed by atoms with Crippen molar-refractivity contribution < 1.29 is 4.79 Å². The number of halogens is 1. The van der Waals surface area contributed by atoms with Crippen molar-refractivity contribution in [2.75, 3.05) is 11.9 Å². The molecule has 0 saturated heterocycles. The molecule has 116 valence electrons. The third-order valence-electron chi connectivity index (χ3n) is 4.18. The van der Waals surface area contributed by atoms with Gasteiger partial charge in [-0.25, -0.2) is 4.98 Å². The number of nitrogens with zero attached hydrogens (tertiary/aromatic N) is 1. The minimum atomic E-state index is -0.167. The normalized spacial score (nSPS) is 21.9. The molecule has 0 bridgehead atoms. The number of hydrogen-bond donors (Lipinski definition) is 2. The van der Waals surface area contributed by atoms with Gasteiger partial charge in [-0.15, -0.1) is 0 Å². The smallest absolute Gasteiger partial charge is 0.271 e. The summed E-state index contributed by atoms with van der Waals surface area (Å²) in [4.78, 5) is 16.7. The summed E-state index contributed by atoms with van der Waals surface area (Å²) in [6, 6.07) is 3.76. The maximum absolute atomic E-state index is 12.4. The zero-order valence-electron chi connectivity index (χ0n) is 12.8. The van der Waals surface area contributed by atoms with Crippen LogP contribution >= 0.6 is 11.6 Å². The molecule has 2 rings (SSSR count). The zero-order valence-corrected chi connectivity index (χ0v) is 13.5. The standard InChI is InChI=1S/C16H24ClN3O/c1-3-11-5-7-12(8-6-11)19-16(21)15-13(17)9-10-14(20-15)18-4-2/h9-12H,3-8H2,1-2H3,(H,18,20)(H,19,21). The number of amides is 1. The summed E-state index contributed by atoms with van der Waals surface area (Å²) < 4.78 is 0. The Bertz CT molecular complexity index is 484. The molecule has 1 aliphatic carbocycles. The van der Waals surface area contributed by atoms with E-state index in [1.165, 1.54) is 19.3 Å². The van der Waals surface area contributed by atoms with Gasteiger partial charge in [-0.3, -0.25) is 4.79 Å². The Kier molecular flexibility index (Phi) is 5.85. The van der Waals surface area contributed by atoms with Gasteiger partial charge in [0.25, 0.3) is 5.91 Å². The van der Waals surface area contributed by atoms with Crippen molar-refractivity contribution in [3.63, 3.8) is 0 Å². The van der Waals surface area contributed by atoms with Gasteiger partial charge in [0.1, 0.15) is 11.5 Å². The maximum Gasteiger partial charge on any atom is 0.271 e. The fourth-order valence-electron chi connectivity index (χ4n) is 2.85. The van der Waals surface area contributed by atoms with Gasteiger partial charge in [-0.2, -0.15) is 0 Å². The van der Waals surface area contributed by atoms with Gasteiger partial charge >= 0.3 is 0 Å². The lowest BCUT2D eigenvalue weighted by atomic mass is 9.84. The molecular formula is C16H24ClN3O. The van der Waals surface area contributed by atoms with E-state index in [1.54, 1.807) is 12.1 Å². The SMILES string of the molecule is CCNc1ccc(Cl)c(C(=O)NC2CCC(CC)CC2)n1. The average molecular weight is 310 g/mol. The molecule has 2 N–H and O–H groups in total. The second-order valence-corrected chi connectivity index (χ2v) is 6.06. The minimum Gasteiger partial charge on any atom is -0.370 e.